The first-order valence-electron chi connectivity index (χ1n) is 17.4. The summed E-state index contributed by atoms with van der Waals surface area (Å²) in [4.78, 5) is 10.9. The SMILES string of the molecule is CC1(C)c2ccccc2-c2ccc(-c3nc4ccccc4nc3-n3c4ccc5cccc6c5c4c4c5c(ccc7cccc-6c75)ccc43)cc21. The quantitative estimate of drug-likeness (QED) is 0.177. The summed E-state index contributed by atoms with van der Waals surface area (Å²) in [7, 11) is 0. The molecule has 3 nitrogen and oxygen atoms in total. The summed E-state index contributed by atoms with van der Waals surface area (Å²) in [5.41, 5.74) is 13.8. The normalized spacial score (nSPS) is 14.0. The van der Waals surface area contributed by atoms with Crippen molar-refractivity contribution in [1.82, 2.24) is 14.5 Å². The minimum atomic E-state index is -0.122. The lowest BCUT2D eigenvalue weighted by Crippen LogP contribution is -2.15. The summed E-state index contributed by atoms with van der Waals surface area (Å²) in [6, 6.07) is 51.3. The maximum atomic E-state index is 5.50. The Balaban J connectivity index is 1.25. The maximum absolute atomic E-state index is 5.50. The summed E-state index contributed by atoms with van der Waals surface area (Å²) < 4.78 is 2.40. The number of benzene rings is 8. The van der Waals surface area contributed by atoms with Crippen LogP contribution in [0.3, 0.4) is 0 Å². The van der Waals surface area contributed by atoms with E-state index in [0.29, 0.717) is 0 Å². The number of para-hydroxylation sites is 2. The Morgan fingerprint density at radius 2 is 1.00 bits per heavy atom. The van der Waals surface area contributed by atoms with Gasteiger partial charge in [-0.25, -0.2) is 9.97 Å². The molecular weight excluding hydrogens is 607 g/mol. The molecule has 0 atom stereocenters. The monoisotopic (exact) mass is 635 g/mol. The van der Waals surface area contributed by atoms with E-state index in [0.717, 1.165) is 39.1 Å². The molecule has 0 unspecified atom stereocenters. The first kappa shape index (κ1) is 26.6. The van der Waals surface area contributed by atoms with Crippen LogP contribution in [0.5, 0.6) is 0 Å². The molecule has 232 valence electrons. The number of fused-ring (bicyclic) bond motifs is 5. The molecule has 12 rings (SSSR count). The Bertz CT molecular complexity index is 3180. The number of hydrogen-bond donors (Lipinski definition) is 0. The zero-order valence-electron chi connectivity index (χ0n) is 27.6. The van der Waals surface area contributed by atoms with Crippen LogP contribution in [-0.4, -0.2) is 14.5 Å². The van der Waals surface area contributed by atoms with E-state index in [4.69, 9.17) is 9.97 Å². The molecule has 0 amide bonds. The molecule has 10 aromatic rings. The molecule has 0 saturated heterocycles. The van der Waals surface area contributed by atoms with E-state index < -0.39 is 0 Å². The largest absolute Gasteiger partial charge is 0.292 e. The van der Waals surface area contributed by atoms with E-state index >= 15 is 0 Å². The van der Waals surface area contributed by atoms with Crippen LogP contribution >= 0.6 is 0 Å². The van der Waals surface area contributed by atoms with Crippen LogP contribution in [0.2, 0.25) is 0 Å². The van der Waals surface area contributed by atoms with Crippen LogP contribution in [0.1, 0.15) is 25.0 Å². The third-order valence-corrected chi connectivity index (χ3v) is 11.7. The molecule has 0 N–H and O–H groups in total. The second-order valence-corrected chi connectivity index (χ2v) is 14.5. The van der Waals surface area contributed by atoms with Crippen molar-refractivity contribution in [3.05, 3.63) is 151 Å². The first-order valence-corrected chi connectivity index (χ1v) is 17.4. The van der Waals surface area contributed by atoms with Crippen molar-refractivity contribution in [3.63, 3.8) is 0 Å². The fraction of sp³-hybridized carbons (Fsp3) is 0.0638. The molecule has 2 heterocycles. The number of hydrogen-bond acceptors (Lipinski definition) is 2. The van der Waals surface area contributed by atoms with Crippen molar-refractivity contribution in [2.24, 2.45) is 0 Å². The van der Waals surface area contributed by atoms with Crippen LogP contribution in [0, 0.1) is 0 Å². The molecule has 8 aromatic carbocycles. The Kier molecular flexibility index (Phi) is 4.80. The Hall–Kier alpha value is -6.32. The summed E-state index contributed by atoms with van der Waals surface area (Å²) >= 11 is 0. The summed E-state index contributed by atoms with van der Waals surface area (Å²) in [5.74, 6) is 0.856. The van der Waals surface area contributed by atoms with Crippen molar-refractivity contribution in [3.8, 4) is 39.3 Å². The molecule has 2 aliphatic rings. The van der Waals surface area contributed by atoms with Crippen LogP contribution in [-0.2, 0) is 5.41 Å². The highest BCUT2D eigenvalue weighted by molar-refractivity contribution is 6.38. The van der Waals surface area contributed by atoms with E-state index in [1.54, 1.807) is 0 Å². The zero-order chi connectivity index (χ0) is 32.9. The van der Waals surface area contributed by atoms with Gasteiger partial charge in [0, 0.05) is 27.1 Å². The second-order valence-electron chi connectivity index (χ2n) is 14.5. The Morgan fingerprint density at radius 3 is 1.74 bits per heavy atom. The van der Waals surface area contributed by atoms with Crippen molar-refractivity contribution in [2.45, 2.75) is 19.3 Å². The van der Waals surface area contributed by atoms with Gasteiger partial charge in [0.15, 0.2) is 5.82 Å². The van der Waals surface area contributed by atoms with Gasteiger partial charge in [0.1, 0.15) is 5.69 Å². The molecule has 2 aromatic heterocycles. The minimum absolute atomic E-state index is 0.122. The van der Waals surface area contributed by atoms with E-state index in [1.807, 2.05) is 0 Å². The van der Waals surface area contributed by atoms with Gasteiger partial charge < -0.3 is 0 Å². The van der Waals surface area contributed by atoms with Gasteiger partial charge in [-0.1, -0.05) is 123 Å². The average Bonchev–Trinajstić information content (AvgIpc) is 3.56. The van der Waals surface area contributed by atoms with Gasteiger partial charge in [0.25, 0.3) is 0 Å². The molecule has 2 aliphatic carbocycles. The molecular formula is C47H29N3. The topological polar surface area (TPSA) is 30.7 Å². The van der Waals surface area contributed by atoms with Gasteiger partial charge in [-0.05, 0) is 90.6 Å². The summed E-state index contributed by atoms with van der Waals surface area (Å²) in [5, 5.41) is 10.3. The highest BCUT2D eigenvalue weighted by atomic mass is 15.1. The fourth-order valence-electron chi connectivity index (χ4n) is 9.43. The Morgan fingerprint density at radius 1 is 0.440 bits per heavy atom. The van der Waals surface area contributed by atoms with Crippen molar-refractivity contribution in [2.75, 3.05) is 0 Å². The molecule has 50 heavy (non-hydrogen) atoms. The lowest BCUT2D eigenvalue weighted by Gasteiger charge is -2.22. The third kappa shape index (κ3) is 3.16. The lowest BCUT2D eigenvalue weighted by atomic mass is 9.82. The summed E-state index contributed by atoms with van der Waals surface area (Å²) in [6.07, 6.45) is 0. The standard InChI is InChI=1S/C47H29N3/c1-47(2)34-14-4-3-11-30(34)31-22-19-29(25-35(31)47)45-46(49-37-16-6-5-15-36(37)48-45)50-38-23-20-27-10-8-13-33-32-12-7-9-26-17-18-28-21-24-39(50)44(42(28)40(26)32)43(38)41(27)33/h3-25H,1-2H3. The van der Waals surface area contributed by atoms with Crippen LogP contribution in [0.4, 0.5) is 0 Å². The summed E-state index contributed by atoms with van der Waals surface area (Å²) in [6.45, 7) is 4.68. The first-order chi connectivity index (χ1) is 24.6. The van der Waals surface area contributed by atoms with Crippen LogP contribution in [0.25, 0.3) is 104 Å². The smallest absolute Gasteiger partial charge is 0.165 e. The molecule has 0 saturated carbocycles. The van der Waals surface area contributed by atoms with Crippen molar-refractivity contribution < 1.29 is 0 Å². The zero-order valence-corrected chi connectivity index (χ0v) is 27.6. The van der Waals surface area contributed by atoms with Crippen molar-refractivity contribution >= 4 is 65.2 Å². The van der Waals surface area contributed by atoms with E-state index in [1.165, 1.54) is 76.5 Å². The molecule has 0 radical (unpaired) electrons. The van der Waals surface area contributed by atoms with E-state index in [2.05, 4.69) is 158 Å². The third-order valence-electron chi connectivity index (χ3n) is 11.7. The lowest BCUT2D eigenvalue weighted by molar-refractivity contribution is 0.660. The van der Waals surface area contributed by atoms with Gasteiger partial charge in [0.2, 0.25) is 0 Å². The molecule has 3 heteroatoms. The highest BCUT2D eigenvalue weighted by Crippen LogP contribution is 2.52. The average molecular weight is 636 g/mol. The number of rotatable bonds is 2. The predicted molar refractivity (Wildman–Crippen MR) is 208 cm³/mol. The van der Waals surface area contributed by atoms with Crippen LogP contribution in [0.15, 0.2) is 140 Å². The number of nitrogens with zero attached hydrogens (tertiary/aromatic N) is 3. The van der Waals surface area contributed by atoms with Crippen LogP contribution < -0.4 is 0 Å². The van der Waals surface area contributed by atoms with Gasteiger partial charge in [-0.2, -0.15) is 0 Å². The molecule has 0 aliphatic heterocycles. The molecule has 0 spiro atoms. The van der Waals surface area contributed by atoms with Gasteiger partial charge >= 0.3 is 0 Å². The highest BCUT2D eigenvalue weighted by Gasteiger charge is 2.36. The predicted octanol–water partition coefficient (Wildman–Crippen LogP) is 12.1. The van der Waals surface area contributed by atoms with Gasteiger partial charge in [-0.15, -0.1) is 0 Å². The molecule has 0 fully saturated rings. The van der Waals surface area contributed by atoms with E-state index in [-0.39, 0.29) is 5.41 Å². The number of aromatic nitrogens is 3. The molecule has 0 bridgehead atoms. The second kappa shape index (κ2) is 9.02. The van der Waals surface area contributed by atoms with E-state index in [9.17, 15) is 0 Å². The van der Waals surface area contributed by atoms with Gasteiger partial charge in [0.05, 0.1) is 22.1 Å². The Labute approximate surface area is 288 Å². The van der Waals surface area contributed by atoms with Crippen molar-refractivity contribution in [1.29, 1.82) is 0 Å². The fourth-order valence-corrected chi connectivity index (χ4v) is 9.43. The maximum Gasteiger partial charge on any atom is 0.165 e. The van der Waals surface area contributed by atoms with Gasteiger partial charge in [-0.3, -0.25) is 4.57 Å². The minimum Gasteiger partial charge on any atom is -0.292 e.